The molecule has 0 unspecified atom stereocenters. The number of esters is 2. The summed E-state index contributed by atoms with van der Waals surface area (Å²) in [5, 5.41) is 0. The Morgan fingerprint density at radius 2 is 1.79 bits per heavy atom. The van der Waals surface area contributed by atoms with Crippen LogP contribution in [0.2, 0.25) is 0 Å². The topological polar surface area (TPSA) is 52.6 Å². The van der Waals surface area contributed by atoms with E-state index in [0.717, 1.165) is 30.6 Å². The highest BCUT2D eigenvalue weighted by atomic mass is 16.5. The molecule has 7 atom stereocenters. The summed E-state index contributed by atoms with van der Waals surface area (Å²) in [6.07, 6.45) is 13.3. The molecule has 4 fully saturated rings. The van der Waals surface area contributed by atoms with Crippen molar-refractivity contribution in [1.29, 1.82) is 0 Å². The van der Waals surface area contributed by atoms with Gasteiger partial charge >= 0.3 is 11.9 Å². The van der Waals surface area contributed by atoms with Crippen molar-refractivity contribution in [1.82, 2.24) is 0 Å². The lowest BCUT2D eigenvalue weighted by atomic mass is 9.45. The summed E-state index contributed by atoms with van der Waals surface area (Å²) >= 11 is 0. The predicted molar refractivity (Wildman–Crippen MR) is 112 cm³/mol. The second-order valence-corrected chi connectivity index (χ2v) is 10.7. The molecule has 0 aromatic carbocycles. The predicted octanol–water partition coefficient (Wildman–Crippen LogP) is 5.45. The molecule has 4 aliphatic carbocycles. The van der Waals surface area contributed by atoms with Gasteiger partial charge in [-0.2, -0.15) is 0 Å². The molecule has 4 aliphatic rings. The Kier molecular flexibility index (Phi) is 5.59. The first-order valence-electron chi connectivity index (χ1n) is 11.7. The third-order valence-electron chi connectivity index (χ3n) is 9.41. The lowest BCUT2D eigenvalue weighted by molar-refractivity contribution is -0.158. The average Bonchev–Trinajstić information content (AvgIpc) is 2.98. The van der Waals surface area contributed by atoms with Crippen LogP contribution in [0.5, 0.6) is 0 Å². The summed E-state index contributed by atoms with van der Waals surface area (Å²) in [7, 11) is 0. The average molecular weight is 403 g/mol. The molecule has 0 amide bonds. The van der Waals surface area contributed by atoms with Gasteiger partial charge in [-0.15, -0.1) is 0 Å². The van der Waals surface area contributed by atoms with Gasteiger partial charge in [-0.25, -0.2) is 0 Å². The van der Waals surface area contributed by atoms with Crippen molar-refractivity contribution < 1.29 is 19.1 Å². The van der Waals surface area contributed by atoms with Crippen LogP contribution in [0.4, 0.5) is 0 Å². The van der Waals surface area contributed by atoms with Crippen LogP contribution in [0, 0.1) is 34.5 Å². The van der Waals surface area contributed by atoms with Gasteiger partial charge in [0, 0.05) is 13.8 Å². The highest BCUT2D eigenvalue weighted by molar-refractivity contribution is 5.66. The first-order valence-corrected chi connectivity index (χ1v) is 11.7. The second kappa shape index (κ2) is 7.74. The van der Waals surface area contributed by atoms with Crippen LogP contribution in [0.1, 0.15) is 85.5 Å². The van der Waals surface area contributed by atoms with Gasteiger partial charge in [0.05, 0.1) is 0 Å². The number of allylic oxidation sites excluding steroid dienone is 1. The number of ether oxygens (including phenoxy) is 2. The van der Waals surface area contributed by atoms with E-state index < -0.39 is 0 Å². The Labute approximate surface area is 175 Å². The summed E-state index contributed by atoms with van der Waals surface area (Å²) in [4.78, 5) is 22.6. The quantitative estimate of drug-likeness (QED) is 0.465. The van der Waals surface area contributed by atoms with Crippen LogP contribution in [0.25, 0.3) is 0 Å². The van der Waals surface area contributed by atoms with Gasteiger partial charge < -0.3 is 9.47 Å². The molecule has 4 rings (SSSR count). The monoisotopic (exact) mass is 402 g/mol. The van der Waals surface area contributed by atoms with Crippen molar-refractivity contribution in [3.05, 3.63) is 11.6 Å². The first-order chi connectivity index (χ1) is 13.7. The summed E-state index contributed by atoms with van der Waals surface area (Å²) in [5.41, 5.74) is 2.23. The van der Waals surface area contributed by atoms with Gasteiger partial charge in [0.1, 0.15) is 12.7 Å². The minimum Gasteiger partial charge on any atom is -0.463 e. The molecule has 0 spiro atoms. The normalized spacial score (nSPS) is 45.1. The van der Waals surface area contributed by atoms with E-state index in [2.05, 4.69) is 19.9 Å². The van der Waals surface area contributed by atoms with Crippen LogP contribution in [0.3, 0.4) is 0 Å². The van der Waals surface area contributed by atoms with Crippen LogP contribution in [0.15, 0.2) is 11.6 Å². The standard InChI is InChI=1S/C25H38O4/c1-16(26)28-14-11-18-6-8-22-21-7-5-19-15-20(29-17(2)27)9-12-25(19,4)23(21)10-13-24(18,22)3/h11,19-23H,5-10,12-15H2,1-4H3/b18-11-/t19-,20-,21-,22-,23-,24+,25-/m0/s1. The van der Waals surface area contributed by atoms with Gasteiger partial charge in [-0.05, 0) is 98.4 Å². The number of hydrogen-bond acceptors (Lipinski definition) is 4. The van der Waals surface area contributed by atoms with Crippen LogP contribution in [-0.4, -0.2) is 24.6 Å². The fourth-order valence-corrected chi connectivity index (χ4v) is 8.00. The third kappa shape index (κ3) is 3.65. The van der Waals surface area contributed by atoms with Gasteiger partial charge in [0.15, 0.2) is 0 Å². The molecule has 4 nitrogen and oxygen atoms in total. The number of carbonyl (C=O) groups is 2. The van der Waals surface area contributed by atoms with Crippen molar-refractivity contribution in [3.63, 3.8) is 0 Å². The number of fused-ring (bicyclic) bond motifs is 5. The Morgan fingerprint density at radius 3 is 2.52 bits per heavy atom. The number of rotatable bonds is 3. The van der Waals surface area contributed by atoms with Crippen LogP contribution >= 0.6 is 0 Å². The molecule has 29 heavy (non-hydrogen) atoms. The fourth-order valence-electron chi connectivity index (χ4n) is 8.00. The van der Waals surface area contributed by atoms with Crippen molar-refractivity contribution in [2.24, 2.45) is 34.5 Å². The molecule has 0 N–H and O–H groups in total. The zero-order valence-electron chi connectivity index (χ0n) is 18.7. The van der Waals surface area contributed by atoms with E-state index in [0.29, 0.717) is 23.4 Å². The van der Waals surface area contributed by atoms with Crippen molar-refractivity contribution in [2.75, 3.05) is 6.61 Å². The van der Waals surface area contributed by atoms with Gasteiger partial charge in [0.2, 0.25) is 0 Å². The molecule has 0 aromatic rings. The minimum absolute atomic E-state index is 0.125. The highest BCUT2D eigenvalue weighted by Gasteiger charge is 2.59. The van der Waals surface area contributed by atoms with Gasteiger partial charge in [0.25, 0.3) is 0 Å². The lowest BCUT2D eigenvalue weighted by Crippen LogP contribution is -2.53. The molecule has 4 heteroatoms. The summed E-state index contributed by atoms with van der Waals surface area (Å²) in [6, 6.07) is 0. The molecule has 0 bridgehead atoms. The molecule has 162 valence electrons. The molecular weight excluding hydrogens is 364 g/mol. The third-order valence-corrected chi connectivity index (χ3v) is 9.41. The van der Waals surface area contributed by atoms with Gasteiger partial charge in [-0.1, -0.05) is 19.4 Å². The summed E-state index contributed by atoms with van der Waals surface area (Å²) < 4.78 is 10.8. The van der Waals surface area contributed by atoms with Crippen LogP contribution in [-0.2, 0) is 19.1 Å². The molecule has 0 aromatic heterocycles. The minimum atomic E-state index is -0.194. The maximum atomic E-state index is 11.4. The molecule has 0 radical (unpaired) electrons. The Balaban J connectivity index is 1.48. The van der Waals surface area contributed by atoms with E-state index in [9.17, 15) is 9.59 Å². The molecule has 4 saturated carbocycles. The van der Waals surface area contributed by atoms with E-state index in [4.69, 9.17) is 9.47 Å². The zero-order chi connectivity index (χ0) is 20.8. The van der Waals surface area contributed by atoms with E-state index >= 15 is 0 Å². The number of carbonyl (C=O) groups excluding carboxylic acids is 2. The van der Waals surface area contributed by atoms with E-state index in [-0.39, 0.29) is 18.0 Å². The Morgan fingerprint density at radius 1 is 1.00 bits per heavy atom. The lowest BCUT2D eigenvalue weighted by Gasteiger charge is -2.60. The van der Waals surface area contributed by atoms with Gasteiger partial charge in [-0.3, -0.25) is 9.59 Å². The molecule has 0 aliphatic heterocycles. The van der Waals surface area contributed by atoms with Crippen molar-refractivity contribution in [2.45, 2.75) is 91.6 Å². The Bertz CT molecular complexity index is 697. The largest absolute Gasteiger partial charge is 0.463 e. The number of hydrogen-bond donors (Lipinski definition) is 0. The van der Waals surface area contributed by atoms with E-state index in [1.54, 1.807) is 6.92 Å². The fraction of sp³-hybridized carbons (Fsp3) is 0.840. The van der Waals surface area contributed by atoms with Crippen molar-refractivity contribution >= 4 is 11.9 Å². The highest BCUT2D eigenvalue weighted by Crippen LogP contribution is 2.67. The molecule has 0 saturated heterocycles. The van der Waals surface area contributed by atoms with Crippen molar-refractivity contribution in [3.8, 4) is 0 Å². The van der Waals surface area contributed by atoms with E-state index in [1.165, 1.54) is 57.4 Å². The maximum absolute atomic E-state index is 11.4. The second-order valence-electron chi connectivity index (χ2n) is 10.7. The maximum Gasteiger partial charge on any atom is 0.302 e. The SMILES string of the molecule is CC(=O)OC/C=C1/CC[C@H]2[C@@H]3CC[C@H]4C[C@@H](OC(C)=O)CC[C@]4(C)[C@H]3CC[C@]12C. The zero-order valence-corrected chi connectivity index (χ0v) is 18.7. The smallest absolute Gasteiger partial charge is 0.302 e. The van der Waals surface area contributed by atoms with Crippen LogP contribution < -0.4 is 0 Å². The first kappa shape index (κ1) is 20.9. The molecule has 0 heterocycles. The van der Waals surface area contributed by atoms with E-state index in [1.807, 2.05) is 0 Å². The summed E-state index contributed by atoms with van der Waals surface area (Å²) in [6.45, 7) is 8.48. The molecular formula is C25H38O4. The summed E-state index contributed by atoms with van der Waals surface area (Å²) in [5.74, 6) is 2.78. The Hall–Kier alpha value is -1.32.